The molecular weight excluding hydrogens is 374 g/mol. The van der Waals surface area contributed by atoms with Gasteiger partial charge < -0.3 is 10.5 Å². The smallest absolute Gasteiger partial charge is 0.168 e. The Bertz CT molecular complexity index is 943. The van der Waals surface area contributed by atoms with Crippen LogP contribution in [0.5, 0.6) is 0 Å². The molecule has 144 valence electrons. The summed E-state index contributed by atoms with van der Waals surface area (Å²) in [5, 5.41) is 0. The summed E-state index contributed by atoms with van der Waals surface area (Å²) in [6.45, 7) is 1.65. The molecule has 27 heavy (non-hydrogen) atoms. The zero-order valence-electron chi connectivity index (χ0n) is 14.5. The molecule has 1 saturated heterocycles. The van der Waals surface area contributed by atoms with Gasteiger partial charge in [0.1, 0.15) is 17.7 Å². The molecule has 3 atom stereocenters. The maximum Gasteiger partial charge on any atom is 0.168 e. The van der Waals surface area contributed by atoms with E-state index in [1.807, 2.05) is 6.07 Å². The third kappa shape index (κ3) is 3.62. The lowest BCUT2D eigenvalue weighted by Crippen LogP contribution is -2.47. The third-order valence-corrected chi connectivity index (χ3v) is 6.03. The first kappa shape index (κ1) is 18.5. The molecule has 2 N–H and O–H groups in total. The minimum absolute atomic E-state index is 0.0322. The van der Waals surface area contributed by atoms with Gasteiger partial charge in [0.25, 0.3) is 0 Å². The first-order chi connectivity index (χ1) is 12.9. The number of benzene rings is 2. The molecule has 0 spiro atoms. The lowest BCUT2D eigenvalue weighted by molar-refractivity contribution is -0.0531. The number of hydrogen-bond donors (Lipinski definition) is 2. The van der Waals surface area contributed by atoms with Crippen molar-refractivity contribution in [2.24, 2.45) is 5.73 Å². The van der Waals surface area contributed by atoms with Crippen LogP contribution in [0.2, 0.25) is 0 Å². The summed E-state index contributed by atoms with van der Waals surface area (Å²) >= 11 is 0. The quantitative estimate of drug-likeness (QED) is 0.781. The van der Waals surface area contributed by atoms with E-state index in [9.17, 15) is 17.2 Å². The Balaban J connectivity index is 1.47. The summed E-state index contributed by atoms with van der Waals surface area (Å²) in [6.07, 6.45) is -0.102. The predicted molar refractivity (Wildman–Crippen MR) is 95.7 cm³/mol. The molecule has 0 bridgehead atoms. The molecule has 2 heterocycles. The Labute approximate surface area is 157 Å². The van der Waals surface area contributed by atoms with Gasteiger partial charge >= 0.3 is 0 Å². The number of ether oxygens (including phenoxy) is 1. The van der Waals surface area contributed by atoms with Crippen LogP contribution in [-0.2, 0) is 28.5 Å². The number of thiol groups is 1. The van der Waals surface area contributed by atoms with Crippen LogP contribution in [0, 0.1) is 11.6 Å². The first-order valence-electron chi connectivity index (χ1n) is 8.75. The molecule has 5 nitrogen and oxygen atoms in total. The molecule has 0 saturated carbocycles. The van der Waals surface area contributed by atoms with Crippen molar-refractivity contribution in [1.29, 1.82) is 0 Å². The predicted octanol–water partition coefficient (Wildman–Crippen LogP) is 2.11. The van der Waals surface area contributed by atoms with E-state index in [2.05, 4.69) is 4.90 Å². The van der Waals surface area contributed by atoms with Gasteiger partial charge in [0.05, 0.1) is 11.5 Å². The van der Waals surface area contributed by atoms with Gasteiger partial charge in [0, 0.05) is 30.7 Å². The highest BCUT2D eigenvalue weighted by Crippen LogP contribution is 2.34. The van der Waals surface area contributed by atoms with Crippen LogP contribution in [0.25, 0.3) is 0 Å². The van der Waals surface area contributed by atoms with Gasteiger partial charge in [-0.1, -0.05) is 6.07 Å². The average molecular weight is 394 g/mol. The molecule has 2 aliphatic rings. The van der Waals surface area contributed by atoms with Crippen molar-refractivity contribution in [2.45, 2.75) is 42.6 Å². The maximum atomic E-state index is 14.0. The zero-order chi connectivity index (χ0) is 19.1. The number of hydrogen-bond acceptors (Lipinski definition) is 5. The van der Waals surface area contributed by atoms with Crippen molar-refractivity contribution in [3.63, 3.8) is 0 Å². The highest BCUT2D eigenvalue weighted by molar-refractivity contribution is 7.72. The van der Waals surface area contributed by atoms with E-state index in [0.29, 0.717) is 31.0 Å². The van der Waals surface area contributed by atoms with E-state index in [-0.39, 0.29) is 11.6 Å². The Morgan fingerprint density at radius 3 is 2.59 bits per heavy atom. The molecule has 0 amide bonds. The molecule has 8 heteroatoms. The van der Waals surface area contributed by atoms with E-state index in [0.717, 1.165) is 29.3 Å². The summed E-state index contributed by atoms with van der Waals surface area (Å²) in [5.74, 6) is -1.05. The Hall–Kier alpha value is -1.87. The monoisotopic (exact) mass is 394 g/mol. The molecule has 2 aromatic carbocycles. The Morgan fingerprint density at radius 1 is 1.07 bits per heavy atom. The van der Waals surface area contributed by atoms with Crippen LogP contribution < -0.4 is 5.73 Å². The van der Waals surface area contributed by atoms with E-state index in [4.69, 9.17) is 10.5 Å². The second-order valence-corrected chi connectivity index (χ2v) is 8.12. The van der Waals surface area contributed by atoms with Crippen molar-refractivity contribution in [2.75, 3.05) is 6.61 Å². The second-order valence-electron chi connectivity index (χ2n) is 7.09. The minimum Gasteiger partial charge on any atom is -0.370 e. The fraction of sp³-hybridized carbons (Fsp3) is 0.368. The molecule has 0 aliphatic carbocycles. The van der Waals surface area contributed by atoms with Crippen LogP contribution in [0.1, 0.15) is 29.2 Å². The summed E-state index contributed by atoms with van der Waals surface area (Å²) < 4.78 is 55.7. The van der Waals surface area contributed by atoms with Gasteiger partial charge in [-0.3, -0.25) is 4.90 Å². The number of fused-ring (bicyclic) bond motifs is 1. The molecule has 0 aromatic heterocycles. The number of nitrogens with two attached hydrogens (primary N) is 1. The van der Waals surface area contributed by atoms with Gasteiger partial charge in [-0.15, -0.1) is 0 Å². The second kappa shape index (κ2) is 7.27. The molecule has 1 fully saturated rings. The third-order valence-electron chi connectivity index (χ3n) is 5.33. The maximum absolute atomic E-state index is 14.0. The molecule has 0 unspecified atom stereocenters. The van der Waals surface area contributed by atoms with E-state index < -0.39 is 34.5 Å². The highest BCUT2D eigenvalue weighted by Gasteiger charge is 2.36. The van der Waals surface area contributed by atoms with Crippen molar-refractivity contribution >= 4 is 10.7 Å². The van der Waals surface area contributed by atoms with Gasteiger partial charge in [-0.05, 0) is 47.9 Å². The van der Waals surface area contributed by atoms with Crippen molar-refractivity contribution in [3.8, 4) is 0 Å². The summed E-state index contributed by atoms with van der Waals surface area (Å²) in [4.78, 5) is 2.49. The van der Waals surface area contributed by atoms with E-state index in [1.165, 1.54) is 0 Å². The van der Waals surface area contributed by atoms with Gasteiger partial charge in [0.2, 0.25) is 0 Å². The average Bonchev–Trinajstić information content (AvgIpc) is 3.07. The fourth-order valence-electron chi connectivity index (χ4n) is 3.93. The van der Waals surface area contributed by atoms with Crippen molar-refractivity contribution in [3.05, 3.63) is 64.7 Å². The van der Waals surface area contributed by atoms with Crippen LogP contribution >= 0.6 is 0 Å². The fourth-order valence-corrected chi connectivity index (χ4v) is 4.39. The molecule has 2 aliphatic heterocycles. The highest BCUT2D eigenvalue weighted by atomic mass is 32.2. The van der Waals surface area contributed by atoms with Gasteiger partial charge in [-0.2, -0.15) is 0 Å². The van der Waals surface area contributed by atoms with Gasteiger partial charge in [0.15, 0.2) is 10.7 Å². The Morgan fingerprint density at radius 2 is 1.85 bits per heavy atom. The summed E-state index contributed by atoms with van der Waals surface area (Å²) in [7, 11) is -2.61. The standard InChI is InChI=1S/C19H20F2N2O3S/c20-13-2-4-17(21)16(6-13)19-18(22)7-14(10-26-19)23-8-11-1-3-15(27(24)25)5-12(11)9-23/h1-6,14,18-19,27H,7-10,22H2/t14-,18+,19-/m1/s1. The SMILES string of the molecule is N[C@H]1C[C@@H](N2Cc3ccc([SH](=O)=O)cc3C2)CO[C@@H]1c1cc(F)ccc1F. The van der Waals surface area contributed by atoms with E-state index in [1.54, 1.807) is 12.1 Å². The molecular formula is C19H20F2N2O3S. The van der Waals surface area contributed by atoms with Crippen LogP contribution in [-0.4, -0.2) is 32.0 Å². The number of halogens is 2. The Kier molecular flexibility index (Phi) is 4.98. The molecule has 0 radical (unpaired) electrons. The van der Waals surface area contributed by atoms with Crippen molar-refractivity contribution in [1.82, 2.24) is 4.90 Å². The van der Waals surface area contributed by atoms with Gasteiger partial charge in [-0.25, -0.2) is 17.2 Å². The summed E-state index contributed by atoms with van der Waals surface area (Å²) in [6, 6.07) is 8.02. The largest absolute Gasteiger partial charge is 0.370 e. The number of rotatable bonds is 3. The first-order valence-corrected chi connectivity index (χ1v) is 9.92. The zero-order valence-corrected chi connectivity index (χ0v) is 15.4. The summed E-state index contributed by atoms with van der Waals surface area (Å²) in [5.41, 5.74) is 8.45. The molecule has 4 rings (SSSR count). The normalized spacial score (nSPS) is 25.7. The lowest BCUT2D eigenvalue weighted by atomic mass is 9.93. The van der Waals surface area contributed by atoms with Crippen LogP contribution in [0.3, 0.4) is 0 Å². The van der Waals surface area contributed by atoms with E-state index >= 15 is 0 Å². The van der Waals surface area contributed by atoms with Crippen molar-refractivity contribution < 1.29 is 21.9 Å². The minimum atomic E-state index is -2.61. The number of nitrogens with zero attached hydrogens (tertiary/aromatic N) is 1. The topological polar surface area (TPSA) is 72.6 Å². The molecule has 2 aromatic rings. The lowest BCUT2D eigenvalue weighted by Gasteiger charge is -2.38. The van der Waals surface area contributed by atoms with Crippen LogP contribution in [0.15, 0.2) is 41.3 Å². The van der Waals surface area contributed by atoms with Crippen LogP contribution in [0.4, 0.5) is 8.78 Å².